The van der Waals surface area contributed by atoms with Crippen molar-refractivity contribution in [3.63, 3.8) is 0 Å². The highest BCUT2D eigenvalue weighted by Gasteiger charge is 2.54. The molecular weight excluding hydrogens is 414 g/mol. The van der Waals surface area contributed by atoms with E-state index < -0.39 is 17.6 Å². The Morgan fingerprint density at radius 2 is 1.48 bits per heavy atom. The van der Waals surface area contributed by atoms with E-state index in [1.54, 1.807) is 13.0 Å². The van der Waals surface area contributed by atoms with Gasteiger partial charge in [0, 0.05) is 12.1 Å². The molecule has 0 radical (unpaired) electrons. The van der Waals surface area contributed by atoms with Gasteiger partial charge < -0.3 is 9.47 Å². The average molecular weight is 440 g/mol. The zero-order chi connectivity index (χ0) is 23.0. The molecule has 0 fully saturated rings. The lowest BCUT2D eigenvalue weighted by Gasteiger charge is -2.44. The van der Waals surface area contributed by atoms with Gasteiger partial charge >= 0.3 is 11.9 Å². The fraction of sp³-hybridized carbons (Fsp3) is 0.214. The highest BCUT2D eigenvalue weighted by atomic mass is 16.5. The Kier molecular flexibility index (Phi) is 5.35. The van der Waals surface area contributed by atoms with Crippen molar-refractivity contribution in [2.75, 3.05) is 20.3 Å². The monoisotopic (exact) mass is 439 g/mol. The van der Waals surface area contributed by atoms with E-state index in [9.17, 15) is 9.59 Å². The van der Waals surface area contributed by atoms with Crippen LogP contribution in [0.5, 0.6) is 0 Å². The highest BCUT2D eigenvalue weighted by molar-refractivity contribution is 5.93. The molecule has 0 bridgehead atoms. The van der Waals surface area contributed by atoms with Crippen LogP contribution in [0.15, 0.2) is 90.5 Å². The van der Waals surface area contributed by atoms with Crippen LogP contribution < -0.4 is 0 Å². The second-order valence-corrected chi connectivity index (χ2v) is 8.18. The summed E-state index contributed by atoms with van der Waals surface area (Å²) >= 11 is 0. The normalized spacial score (nSPS) is 18.2. The number of hydrogen-bond acceptors (Lipinski definition) is 5. The van der Waals surface area contributed by atoms with Crippen LogP contribution in [-0.4, -0.2) is 43.1 Å². The van der Waals surface area contributed by atoms with Crippen LogP contribution >= 0.6 is 0 Å². The van der Waals surface area contributed by atoms with Crippen LogP contribution in [0, 0.1) is 0 Å². The summed E-state index contributed by atoms with van der Waals surface area (Å²) in [6.07, 6.45) is 1.69. The summed E-state index contributed by atoms with van der Waals surface area (Å²) in [6, 6.07) is 26.0. The van der Waals surface area contributed by atoms with Crippen molar-refractivity contribution in [2.24, 2.45) is 0 Å². The first-order valence-corrected chi connectivity index (χ1v) is 11.1. The Bertz CT molecular complexity index is 1200. The van der Waals surface area contributed by atoms with Gasteiger partial charge in [0.1, 0.15) is 6.04 Å². The molecule has 0 saturated heterocycles. The third-order valence-electron chi connectivity index (χ3n) is 6.56. The van der Waals surface area contributed by atoms with Gasteiger partial charge in [-0.25, -0.2) is 9.59 Å². The molecule has 33 heavy (non-hydrogen) atoms. The molecule has 1 aliphatic carbocycles. The fourth-order valence-corrected chi connectivity index (χ4v) is 5.31. The van der Waals surface area contributed by atoms with Gasteiger partial charge in [0.2, 0.25) is 0 Å². The Morgan fingerprint density at radius 3 is 2.06 bits per heavy atom. The first-order valence-electron chi connectivity index (χ1n) is 11.1. The summed E-state index contributed by atoms with van der Waals surface area (Å²) < 4.78 is 10.5. The van der Waals surface area contributed by atoms with Crippen molar-refractivity contribution < 1.29 is 19.1 Å². The number of methoxy groups -OCH3 is 1. The predicted molar refractivity (Wildman–Crippen MR) is 125 cm³/mol. The van der Waals surface area contributed by atoms with E-state index in [1.807, 2.05) is 42.5 Å². The van der Waals surface area contributed by atoms with Crippen LogP contribution in [0.1, 0.15) is 23.6 Å². The summed E-state index contributed by atoms with van der Waals surface area (Å²) in [6.45, 7) is 2.30. The molecule has 3 aromatic carbocycles. The molecule has 5 nitrogen and oxygen atoms in total. The molecule has 2 aliphatic rings. The summed E-state index contributed by atoms with van der Waals surface area (Å²) in [5.41, 5.74) is 5.08. The van der Waals surface area contributed by atoms with Gasteiger partial charge in [-0.1, -0.05) is 78.9 Å². The van der Waals surface area contributed by atoms with Crippen molar-refractivity contribution >= 4 is 11.9 Å². The molecule has 5 rings (SSSR count). The number of esters is 2. The lowest BCUT2D eigenvalue weighted by atomic mass is 9.78. The van der Waals surface area contributed by atoms with Crippen LogP contribution in [0.25, 0.3) is 11.1 Å². The first-order chi connectivity index (χ1) is 16.1. The SMILES string of the molecule is CCOC(=O)[C@@H]1C=C(C(=O)OC)CN1C1(c2ccccc2)c2ccccc2-c2ccccc21. The zero-order valence-electron chi connectivity index (χ0n) is 18.7. The standard InChI is InChI=1S/C28H25NO4/c1-3-33-27(31)25-17-19(26(30)32-2)18-29(25)28(20-11-5-4-6-12-20)23-15-9-7-13-21(23)22-14-8-10-16-24(22)28/h4-17,25H,3,18H2,1-2H3/t25-/m0/s1. The Morgan fingerprint density at radius 1 is 0.909 bits per heavy atom. The van der Waals surface area contributed by atoms with Crippen molar-refractivity contribution in [1.29, 1.82) is 0 Å². The number of hydrogen-bond donors (Lipinski definition) is 0. The van der Waals surface area contributed by atoms with E-state index in [1.165, 1.54) is 7.11 Å². The van der Waals surface area contributed by atoms with Crippen LogP contribution in [0.3, 0.4) is 0 Å². The van der Waals surface area contributed by atoms with E-state index in [2.05, 4.69) is 41.3 Å². The second kappa shape index (κ2) is 8.34. The Hall–Kier alpha value is -3.70. The predicted octanol–water partition coefficient (Wildman–Crippen LogP) is 4.31. The molecule has 3 aromatic rings. The molecular formula is C28H25NO4. The summed E-state index contributed by atoms with van der Waals surface area (Å²) in [5, 5.41) is 0. The van der Waals surface area contributed by atoms with Gasteiger partial charge in [-0.05, 0) is 40.8 Å². The van der Waals surface area contributed by atoms with Gasteiger partial charge in [-0.2, -0.15) is 0 Å². The topological polar surface area (TPSA) is 55.8 Å². The van der Waals surface area contributed by atoms with Crippen molar-refractivity contribution in [3.05, 3.63) is 107 Å². The zero-order valence-corrected chi connectivity index (χ0v) is 18.7. The van der Waals surface area contributed by atoms with Crippen molar-refractivity contribution in [2.45, 2.75) is 18.5 Å². The van der Waals surface area contributed by atoms with E-state index in [4.69, 9.17) is 9.47 Å². The number of benzene rings is 3. The largest absolute Gasteiger partial charge is 0.466 e. The third kappa shape index (κ3) is 3.11. The minimum atomic E-state index is -0.780. The second-order valence-electron chi connectivity index (χ2n) is 8.18. The first kappa shape index (κ1) is 21.2. The summed E-state index contributed by atoms with van der Waals surface area (Å²) in [5.74, 6) is -0.817. The molecule has 1 aliphatic heterocycles. The molecule has 5 heteroatoms. The molecule has 0 spiro atoms. The smallest absolute Gasteiger partial charge is 0.334 e. The number of fused-ring (bicyclic) bond motifs is 3. The highest BCUT2D eigenvalue weighted by Crippen LogP contribution is 2.55. The Balaban J connectivity index is 1.81. The maximum absolute atomic E-state index is 13.2. The minimum absolute atomic E-state index is 0.258. The fourth-order valence-electron chi connectivity index (χ4n) is 5.31. The number of carbonyl (C=O) groups is 2. The van der Waals surface area contributed by atoms with E-state index >= 15 is 0 Å². The molecule has 0 saturated carbocycles. The molecule has 0 amide bonds. The molecule has 0 unspecified atom stereocenters. The number of ether oxygens (including phenoxy) is 2. The molecule has 1 heterocycles. The lowest BCUT2D eigenvalue weighted by Crippen LogP contribution is -2.52. The number of nitrogens with zero attached hydrogens (tertiary/aromatic N) is 1. The van der Waals surface area contributed by atoms with Gasteiger partial charge in [-0.15, -0.1) is 0 Å². The third-order valence-corrected chi connectivity index (χ3v) is 6.56. The minimum Gasteiger partial charge on any atom is -0.466 e. The molecule has 0 N–H and O–H groups in total. The number of carbonyl (C=O) groups excluding carboxylic acids is 2. The molecule has 0 aromatic heterocycles. The van der Waals surface area contributed by atoms with Crippen molar-refractivity contribution in [1.82, 2.24) is 4.90 Å². The number of rotatable bonds is 5. The van der Waals surface area contributed by atoms with Crippen LogP contribution in [0.2, 0.25) is 0 Å². The maximum Gasteiger partial charge on any atom is 0.334 e. The summed E-state index contributed by atoms with van der Waals surface area (Å²) in [4.78, 5) is 27.8. The van der Waals surface area contributed by atoms with E-state index in [-0.39, 0.29) is 19.1 Å². The van der Waals surface area contributed by atoms with E-state index in [0.717, 1.165) is 27.8 Å². The quantitative estimate of drug-likeness (QED) is 0.555. The Labute approximate surface area is 193 Å². The van der Waals surface area contributed by atoms with Crippen molar-refractivity contribution in [3.8, 4) is 11.1 Å². The lowest BCUT2D eigenvalue weighted by molar-refractivity contribution is -0.148. The average Bonchev–Trinajstić information content (AvgIpc) is 3.43. The molecule has 1 atom stereocenters. The molecule has 166 valence electrons. The van der Waals surface area contributed by atoms with Crippen LogP contribution in [-0.2, 0) is 24.6 Å². The van der Waals surface area contributed by atoms with E-state index in [0.29, 0.717) is 5.57 Å². The van der Waals surface area contributed by atoms with Gasteiger partial charge in [-0.3, -0.25) is 4.90 Å². The van der Waals surface area contributed by atoms with Gasteiger partial charge in [0.25, 0.3) is 0 Å². The van der Waals surface area contributed by atoms with Gasteiger partial charge in [0.05, 0.1) is 19.3 Å². The summed E-state index contributed by atoms with van der Waals surface area (Å²) in [7, 11) is 1.36. The van der Waals surface area contributed by atoms with Crippen LogP contribution in [0.4, 0.5) is 0 Å². The maximum atomic E-state index is 13.2. The van der Waals surface area contributed by atoms with Gasteiger partial charge in [0.15, 0.2) is 0 Å².